The molecule has 2 aromatic rings. The maximum Gasteiger partial charge on any atom is 0.197 e. The summed E-state index contributed by atoms with van der Waals surface area (Å²) in [5.41, 5.74) is 0. The minimum Gasteiger partial charge on any atom is -0.204 e. The molecule has 0 aliphatic heterocycles. The zero-order chi connectivity index (χ0) is 15.9. The zero-order valence-corrected chi connectivity index (χ0v) is 10.7. The van der Waals surface area contributed by atoms with E-state index in [1.807, 2.05) is 0 Å². The fourth-order valence-electron chi connectivity index (χ4n) is 1.47. The fraction of sp³-hybridized carbons (Fsp3) is 0. The second-order valence-electron chi connectivity index (χ2n) is 3.82. The van der Waals surface area contributed by atoms with Crippen LogP contribution in [0.3, 0.4) is 0 Å². The quantitative estimate of drug-likeness (QED) is 0.344. The molecule has 0 saturated carbocycles. The van der Waals surface area contributed by atoms with Gasteiger partial charge in [-0.05, 0) is 22.5 Å². The van der Waals surface area contributed by atoms with Crippen molar-refractivity contribution in [3.05, 3.63) is 58.7 Å². The van der Waals surface area contributed by atoms with E-state index in [1.165, 1.54) is 0 Å². The average Bonchev–Trinajstić information content (AvgIpc) is 2.45. The molecule has 0 spiro atoms. The molecule has 0 aliphatic carbocycles. The Morgan fingerprint density at radius 3 is 1.14 bits per heavy atom. The molecule has 0 amide bonds. The molecule has 0 bridgehead atoms. The van der Waals surface area contributed by atoms with E-state index >= 15 is 0 Å². The molecule has 0 aliphatic rings. The first-order chi connectivity index (χ1) is 9.73. The van der Waals surface area contributed by atoms with E-state index in [1.54, 1.807) is 0 Å². The lowest BCUT2D eigenvalue weighted by Gasteiger charge is -2.07. The molecule has 110 valence electrons. The second kappa shape index (κ2) is 5.47. The van der Waals surface area contributed by atoms with Gasteiger partial charge in [-0.1, -0.05) is 0 Å². The van der Waals surface area contributed by atoms with Crippen molar-refractivity contribution in [2.75, 3.05) is 0 Å². The third-order valence-corrected chi connectivity index (χ3v) is 3.74. The van der Waals surface area contributed by atoms with E-state index < -0.39 is 66.4 Å². The topological polar surface area (TPSA) is 0 Å². The summed E-state index contributed by atoms with van der Waals surface area (Å²) < 4.78 is 104. The van der Waals surface area contributed by atoms with Crippen molar-refractivity contribution >= 4 is 19.9 Å². The van der Waals surface area contributed by atoms with Crippen LogP contribution >= 0.6 is 0 Å². The van der Waals surface area contributed by atoms with E-state index in [9.17, 15) is 35.1 Å². The number of hydrogen-bond acceptors (Lipinski definition) is 0. The van der Waals surface area contributed by atoms with Crippen LogP contribution in [-0.2, 0) is 0 Å². The Bertz CT molecular complexity index is 667. The van der Waals surface area contributed by atoms with Crippen molar-refractivity contribution in [1.29, 1.82) is 0 Å². The first-order valence-electron chi connectivity index (χ1n) is 5.17. The van der Waals surface area contributed by atoms with Crippen LogP contribution in [0.4, 0.5) is 35.1 Å². The van der Waals surface area contributed by atoms with Gasteiger partial charge in [0.1, 0.15) is 9.52 Å². The van der Waals surface area contributed by atoms with Crippen LogP contribution < -0.4 is 10.4 Å². The molecule has 2 rings (SSSR count). The monoisotopic (exact) mass is 326 g/mol. The van der Waals surface area contributed by atoms with Crippen molar-refractivity contribution in [1.82, 2.24) is 0 Å². The van der Waals surface area contributed by atoms with Gasteiger partial charge in [-0.3, -0.25) is 0 Å². The van der Waals surface area contributed by atoms with Crippen LogP contribution in [0.2, 0.25) is 0 Å². The maximum absolute atomic E-state index is 13.4. The minimum atomic E-state index is -2.14. The van der Waals surface area contributed by atoms with Crippen molar-refractivity contribution in [2.45, 2.75) is 0 Å². The van der Waals surface area contributed by atoms with Crippen LogP contribution in [-0.4, -0.2) is 9.52 Å². The molecular weight excluding hydrogens is 324 g/mol. The van der Waals surface area contributed by atoms with E-state index in [2.05, 4.69) is 0 Å². The van der Waals surface area contributed by atoms with Gasteiger partial charge in [-0.25, -0.2) is 35.1 Å². The van der Waals surface area contributed by atoms with Gasteiger partial charge in [0.15, 0.2) is 46.5 Å². The fourth-order valence-corrected chi connectivity index (χ4v) is 2.60. The van der Waals surface area contributed by atoms with Gasteiger partial charge < -0.3 is 0 Å². The van der Waals surface area contributed by atoms with Gasteiger partial charge >= 0.3 is 0 Å². The van der Waals surface area contributed by atoms with Crippen LogP contribution in [0, 0.1) is 46.5 Å². The van der Waals surface area contributed by atoms with Gasteiger partial charge in [0.25, 0.3) is 0 Å². The molecular formula is C12H2F8Si. The lowest BCUT2D eigenvalue weighted by atomic mass is 10.3. The van der Waals surface area contributed by atoms with Crippen molar-refractivity contribution < 1.29 is 35.1 Å². The van der Waals surface area contributed by atoms with Gasteiger partial charge in [-0.15, -0.1) is 0 Å². The van der Waals surface area contributed by atoms with Crippen LogP contribution in [0.1, 0.15) is 0 Å². The molecule has 9 heteroatoms. The first kappa shape index (κ1) is 15.5. The lowest BCUT2D eigenvalue weighted by molar-refractivity contribution is 0.411. The standard InChI is InChI=1S/C12H2F8Si/c13-3-1-5(9(17)11(19)7(3)15)21-6-2-4(14)8(16)12(20)10(6)18/h1-2H. The predicted octanol–water partition coefficient (Wildman–Crippen LogP) is 2.45. The molecule has 0 nitrogen and oxygen atoms in total. The molecule has 0 saturated heterocycles. The predicted molar refractivity (Wildman–Crippen MR) is 57.6 cm³/mol. The molecule has 0 aromatic heterocycles. The van der Waals surface area contributed by atoms with Crippen molar-refractivity contribution in [3.8, 4) is 0 Å². The number of benzene rings is 2. The number of rotatable bonds is 2. The Morgan fingerprint density at radius 1 is 0.476 bits per heavy atom. The van der Waals surface area contributed by atoms with Gasteiger partial charge in [0.05, 0.1) is 0 Å². The molecule has 2 aromatic carbocycles. The summed E-state index contributed by atoms with van der Waals surface area (Å²) in [5, 5.41) is -1.70. The van der Waals surface area contributed by atoms with Crippen LogP contribution in [0.15, 0.2) is 12.1 Å². The summed E-state index contributed by atoms with van der Waals surface area (Å²) >= 11 is 0. The SMILES string of the molecule is Fc1cc([Si]c2cc(F)c(F)c(F)c2F)c(F)c(F)c1F. The number of halogens is 8. The van der Waals surface area contributed by atoms with E-state index in [0.29, 0.717) is 0 Å². The van der Waals surface area contributed by atoms with Crippen LogP contribution in [0.5, 0.6) is 0 Å². The highest BCUT2D eigenvalue weighted by atomic mass is 28.2. The summed E-state index contributed by atoms with van der Waals surface area (Å²) in [6, 6.07) is 0.454. The smallest absolute Gasteiger partial charge is 0.197 e. The van der Waals surface area contributed by atoms with Crippen molar-refractivity contribution in [3.63, 3.8) is 0 Å². The molecule has 2 radical (unpaired) electrons. The zero-order valence-electron chi connectivity index (χ0n) is 9.68. The Morgan fingerprint density at radius 2 is 0.810 bits per heavy atom. The number of hydrogen-bond donors (Lipinski definition) is 0. The third-order valence-electron chi connectivity index (χ3n) is 2.47. The molecule has 0 fully saturated rings. The normalized spacial score (nSPS) is 11.0. The molecule has 0 heterocycles. The molecule has 0 atom stereocenters. The third kappa shape index (κ3) is 2.65. The Labute approximate surface area is 114 Å². The summed E-state index contributed by atoms with van der Waals surface area (Å²) in [4.78, 5) is 0. The summed E-state index contributed by atoms with van der Waals surface area (Å²) in [6.07, 6.45) is 0. The largest absolute Gasteiger partial charge is 0.204 e. The summed E-state index contributed by atoms with van der Waals surface area (Å²) in [5.74, 6) is -15.6. The summed E-state index contributed by atoms with van der Waals surface area (Å²) in [6.45, 7) is 0. The second-order valence-corrected chi connectivity index (χ2v) is 5.15. The Balaban J connectivity index is 2.54. The minimum absolute atomic E-state index is 0.227. The molecule has 0 N–H and O–H groups in total. The maximum atomic E-state index is 13.4. The van der Waals surface area contributed by atoms with Gasteiger partial charge in [-0.2, -0.15) is 0 Å². The highest BCUT2D eigenvalue weighted by Crippen LogP contribution is 2.14. The highest BCUT2D eigenvalue weighted by Gasteiger charge is 2.23. The average molecular weight is 326 g/mol. The molecule has 0 unspecified atom stereocenters. The lowest BCUT2D eigenvalue weighted by Crippen LogP contribution is -2.34. The van der Waals surface area contributed by atoms with E-state index in [0.717, 1.165) is 0 Å². The van der Waals surface area contributed by atoms with E-state index in [-0.39, 0.29) is 12.1 Å². The Kier molecular flexibility index (Phi) is 4.03. The van der Waals surface area contributed by atoms with E-state index in [4.69, 9.17) is 0 Å². The van der Waals surface area contributed by atoms with Gasteiger partial charge in [0.2, 0.25) is 0 Å². The Hall–Kier alpha value is -1.90. The first-order valence-corrected chi connectivity index (χ1v) is 6.17. The highest BCUT2D eigenvalue weighted by molar-refractivity contribution is 6.67. The summed E-state index contributed by atoms with van der Waals surface area (Å²) in [7, 11) is -1.29. The van der Waals surface area contributed by atoms with Crippen LogP contribution in [0.25, 0.3) is 0 Å². The molecule has 21 heavy (non-hydrogen) atoms. The van der Waals surface area contributed by atoms with Crippen molar-refractivity contribution in [2.24, 2.45) is 0 Å². The van der Waals surface area contributed by atoms with Gasteiger partial charge in [0, 0.05) is 0 Å².